The number of nitrogens with zero attached hydrogens (tertiary/aromatic N) is 1. The number of halogens is 2. The minimum Gasteiger partial charge on any atom is -0.322 e. The second-order valence-corrected chi connectivity index (χ2v) is 12.6. The molecule has 0 saturated heterocycles. The van der Waals surface area contributed by atoms with Crippen LogP contribution in [0.3, 0.4) is 0 Å². The molecule has 0 aliphatic rings. The molecule has 0 fully saturated rings. The maximum atomic E-state index is 13.1. The first-order valence-electron chi connectivity index (χ1n) is 11.4. The maximum Gasteiger partial charge on any atom is 0.261 e. The second-order valence-electron chi connectivity index (χ2n) is 8.53. The van der Waals surface area contributed by atoms with Crippen molar-refractivity contribution in [3.05, 3.63) is 119 Å². The summed E-state index contributed by atoms with van der Waals surface area (Å²) in [6.45, 7) is 0.0901. The molecule has 12 heteroatoms. The summed E-state index contributed by atoms with van der Waals surface area (Å²) in [4.78, 5) is 12.7. The van der Waals surface area contributed by atoms with Gasteiger partial charge in [0.15, 0.2) is 0 Å². The minimum absolute atomic E-state index is 0.0456. The molecule has 0 atom stereocenters. The number of hydrogen-bond donors (Lipinski definition) is 2. The molecule has 4 aromatic rings. The van der Waals surface area contributed by atoms with Gasteiger partial charge in [0.05, 0.1) is 23.4 Å². The van der Waals surface area contributed by atoms with Gasteiger partial charge in [0, 0.05) is 22.0 Å². The Labute approximate surface area is 231 Å². The molecule has 8 nitrogen and oxygen atoms in total. The van der Waals surface area contributed by atoms with Crippen molar-refractivity contribution in [3.8, 4) is 0 Å². The van der Waals surface area contributed by atoms with Gasteiger partial charge in [-0.2, -0.15) is 0 Å². The van der Waals surface area contributed by atoms with E-state index >= 15 is 0 Å². The number of rotatable bonds is 9. The van der Waals surface area contributed by atoms with Crippen LogP contribution in [-0.4, -0.2) is 29.0 Å². The van der Waals surface area contributed by atoms with Crippen LogP contribution in [0.5, 0.6) is 0 Å². The maximum absolute atomic E-state index is 13.1. The van der Waals surface area contributed by atoms with Crippen LogP contribution in [0.4, 0.5) is 21.5 Å². The van der Waals surface area contributed by atoms with Gasteiger partial charge >= 0.3 is 0 Å². The fourth-order valence-electron chi connectivity index (χ4n) is 3.59. The summed E-state index contributed by atoms with van der Waals surface area (Å²) in [7, 11) is -7.54. The number of hydrogen-bond acceptors (Lipinski definition) is 5. The van der Waals surface area contributed by atoms with Crippen molar-refractivity contribution in [3.63, 3.8) is 0 Å². The van der Waals surface area contributed by atoms with E-state index in [0.717, 1.165) is 24.0 Å². The highest BCUT2D eigenvalue weighted by Crippen LogP contribution is 2.23. The molecular weight excluding hydrogens is 565 g/mol. The molecule has 0 aromatic heterocycles. The number of nitrogens with one attached hydrogen (secondary N) is 2. The average Bonchev–Trinajstić information content (AvgIpc) is 2.89. The van der Waals surface area contributed by atoms with Gasteiger partial charge in [-0.25, -0.2) is 21.2 Å². The predicted molar refractivity (Wildman–Crippen MR) is 151 cm³/mol. The van der Waals surface area contributed by atoms with E-state index in [9.17, 15) is 26.0 Å². The Morgan fingerprint density at radius 1 is 0.795 bits per heavy atom. The standard InChI is InChI=1S/C27H23ClFN3O5S2/c1-38(34,35)32(18-19-2-6-21(28)7-3-19)25-14-4-20(5-15-25)27(33)30-23-12-16-26(17-13-23)39(36,37)31-24-10-8-22(29)9-11-24/h2-17,31H,18H2,1H3,(H,30,33). The molecule has 0 aliphatic carbocycles. The fraction of sp³-hybridized carbons (Fsp3) is 0.0741. The molecule has 0 saturated carbocycles. The molecule has 1 amide bonds. The van der Waals surface area contributed by atoms with Gasteiger partial charge in [0.2, 0.25) is 10.0 Å². The number of benzene rings is 4. The molecule has 4 rings (SSSR count). The van der Waals surface area contributed by atoms with E-state index in [-0.39, 0.29) is 22.7 Å². The van der Waals surface area contributed by atoms with Crippen LogP contribution in [0.2, 0.25) is 5.02 Å². The molecule has 4 aromatic carbocycles. The lowest BCUT2D eigenvalue weighted by atomic mass is 10.1. The Morgan fingerprint density at radius 2 is 1.36 bits per heavy atom. The minimum atomic E-state index is -3.92. The average molecular weight is 588 g/mol. The molecule has 0 aliphatic heterocycles. The van der Waals surface area contributed by atoms with Crippen LogP contribution in [0.1, 0.15) is 15.9 Å². The highest BCUT2D eigenvalue weighted by atomic mass is 35.5. The van der Waals surface area contributed by atoms with E-state index in [2.05, 4.69) is 10.0 Å². The van der Waals surface area contributed by atoms with Crippen LogP contribution in [-0.2, 0) is 26.6 Å². The van der Waals surface area contributed by atoms with Crippen molar-refractivity contribution in [1.82, 2.24) is 0 Å². The van der Waals surface area contributed by atoms with Crippen molar-refractivity contribution >= 4 is 54.6 Å². The number of carbonyl (C=O) groups is 1. The van der Waals surface area contributed by atoms with E-state index in [4.69, 9.17) is 11.6 Å². The van der Waals surface area contributed by atoms with Gasteiger partial charge in [-0.1, -0.05) is 23.7 Å². The van der Waals surface area contributed by atoms with Crippen LogP contribution >= 0.6 is 11.6 Å². The Hall–Kier alpha value is -3.93. The summed E-state index contributed by atoms with van der Waals surface area (Å²) in [5, 5.41) is 3.22. The summed E-state index contributed by atoms with van der Waals surface area (Å²) in [5.41, 5.74) is 1.95. The largest absolute Gasteiger partial charge is 0.322 e. The third kappa shape index (κ3) is 7.34. The van der Waals surface area contributed by atoms with Crippen molar-refractivity contribution in [2.24, 2.45) is 0 Å². The normalized spacial score (nSPS) is 11.6. The zero-order valence-electron chi connectivity index (χ0n) is 20.5. The first kappa shape index (κ1) is 28.1. The third-order valence-corrected chi connectivity index (χ3v) is 8.37. The summed E-state index contributed by atoms with van der Waals surface area (Å²) in [6, 6.07) is 23.3. The lowest BCUT2D eigenvalue weighted by Gasteiger charge is -2.23. The van der Waals surface area contributed by atoms with Gasteiger partial charge in [-0.05, 0) is 90.5 Å². The first-order valence-corrected chi connectivity index (χ1v) is 15.1. The Balaban J connectivity index is 1.44. The Morgan fingerprint density at radius 3 is 1.92 bits per heavy atom. The molecule has 202 valence electrons. The lowest BCUT2D eigenvalue weighted by molar-refractivity contribution is 0.102. The van der Waals surface area contributed by atoms with Crippen molar-refractivity contribution in [2.45, 2.75) is 11.4 Å². The Bertz CT molecular complexity index is 1680. The van der Waals surface area contributed by atoms with Crippen LogP contribution in [0, 0.1) is 5.82 Å². The molecule has 2 N–H and O–H groups in total. The zero-order chi connectivity index (χ0) is 28.2. The van der Waals surface area contributed by atoms with Crippen molar-refractivity contribution in [1.29, 1.82) is 0 Å². The summed E-state index contributed by atoms with van der Waals surface area (Å²) < 4.78 is 66.7. The molecule has 0 bridgehead atoms. The van der Waals surface area contributed by atoms with Crippen LogP contribution < -0.4 is 14.3 Å². The van der Waals surface area contributed by atoms with E-state index in [1.165, 1.54) is 65.0 Å². The fourth-order valence-corrected chi connectivity index (χ4v) is 5.66. The second kappa shape index (κ2) is 11.4. The van der Waals surface area contributed by atoms with Gasteiger partial charge in [-0.15, -0.1) is 0 Å². The molecule has 0 heterocycles. The molecular formula is C27H23ClFN3O5S2. The van der Waals surface area contributed by atoms with E-state index in [1.54, 1.807) is 24.3 Å². The quantitative estimate of drug-likeness (QED) is 0.269. The highest BCUT2D eigenvalue weighted by Gasteiger charge is 2.19. The summed E-state index contributed by atoms with van der Waals surface area (Å²) >= 11 is 5.91. The number of carbonyl (C=O) groups excluding carboxylic acids is 1. The third-order valence-electron chi connectivity index (χ3n) is 5.58. The van der Waals surface area contributed by atoms with E-state index in [0.29, 0.717) is 16.4 Å². The van der Waals surface area contributed by atoms with Crippen molar-refractivity contribution < 1.29 is 26.0 Å². The molecule has 0 radical (unpaired) electrons. The zero-order valence-corrected chi connectivity index (χ0v) is 22.9. The van der Waals surface area contributed by atoms with Gasteiger partial charge in [0.25, 0.3) is 15.9 Å². The van der Waals surface area contributed by atoms with Gasteiger partial charge in [0.1, 0.15) is 5.82 Å². The number of sulfonamides is 2. The van der Waals surface area contributed by atoms with Crippen LogP contribution in [0.15, 0.2) is 102 Å². The van der Waals surface area contributed by atoms with Crippen molar-refractivity contribution in [2.75, 3.05) is 20.6 Å². The summed E-state index contributed by atoms with van der Waals surface area (Å²) in [5.74, 6) is -0.955. The number of amides is 1. The van der Waals surface area contributed by atoms with Gasteiger partial charge < -0.3 is 5.32 Å². The monoisotopic (exact) mass is 587 g/mol. The highest BCUT2D eigenvalue weighted by molar-refractivity contribution is 7.92. The molecule has 0 spiro atoms. The van der Waals surface area contributed by atoms with E-state index < -0.39 is 31.8 Å². The Kier molecular flexibility index (Phi) is 8.24. The predicted octanol–water partition coefficient (Wildman–Crippen LogP) is 5.50. The molecule has 0 unspecified atom stereocenters. The van der Waals surface area contributed by atoms with Crippen LogP contribution in [0.25, 0.3) is 0 Å². The van der Waals surface area contributed by atoms with Gasteiger partial charge in [-0.3, -0.25) is 13.8 Å². The summed E-state index contributed by atoms with van der Waals surface area (Å²) in [6.07, 6.45) is 1.10. The number of anilines is 3. The first-order chi connectivity index (χ1) is 18.4. The lowest BCUT2D eigenvalue weighted by Crippen LogP contribution is -2.29. The van der Waals surface area contributed by atoms with E-state index in [1.807, 2.05) is 0 Å². The molecule has 39 heavy (non-hydrogen) atoms. The topological polar surface area (TPSA) is 113 Å². The SMILES string of the molecule is CS(=O)(=O)N(Cc1ccc(Cl)cc1)c1ccc(C(=O)Nc2ccc(S(=O)(=O)Nc3ccc(F)cc3)cc2)cc1. The smallest absolute Gasteiger partial charge is 0.261 e.